The van der Waals surface area contributed by atoms with E-state index in [4.69, 9.17) is 10.6 Å². The Hall–Kier alpha value is -0.610. The van der Waals surface area contributed by atoms with Gasteiger partial charge in [0.1, 0.15) is 6.61 Å². The van der Waals surface area contributed by atoms with Crippen LogP contribution in [0.2, 0.25) is 0 Å². The highest BCUT2D eigenvalue weighted by atomic mass is 16.6. The fraction of sp³-hybridized carbons (Fsp3) is 0.875. The molecule has 0 radical (unpaired) electrons. The Balaban J connectivity index is 2.10. The largest absolute Gasteiger partial charge is 0.368 e. The topological polar surface area (TPSA) is 64.3 Å². The van der Waals surface area contributed by atoms with Crippen molar-refractivity contribution in [1.29, 1.82) is 0 Å². The molecule has 0 heterocycles. The smallest absolute Gasteiger partial charge is 0.245 e. The third-order valence-corrected chi connectivity index (χ3v) is 2.31. The summed E-state index contributed by atoms with van der Waals surface area (Å²) in [5, 5.41) is 0. The van der Waals surface area contributed by atoms with Gasteiger partial charge in [0.2, 0.25) is 5.91 Å². The van der Waals surface area contributed by atoms with E-state index in [1.165, 1.54) is 12.8 Å². The van der Waals surface area contributed by atoms with Crippen LogP contribution in [0.3, 0.4) is 0 Å². The van der Waals surface area contributed by atoms with Crippen LogP contribution in [0, 0.1) is 5.92 Å². The van der Waals surface area contributed by atoms with Gasteiger partial charge in [0, 0.05) is 6.04 Å². The summed E-state index contributed by atoms with van der Waals surface area (Å²) in [7, 11) is 0. The van der Waals surface area contributed by atoms with E-state index < -0.39 is 5.91 Å². The van der Waals surface area contributed by atoms with E-state index in [9.17, 15) is 4.79 Å². The molecule has 0 saturated heterocycles. The van der Waals surface area contributed by atoms with Crippen LogP contribution in [0.4, 0.5) is 0 Å². The molecule has 3 N–H and O–H groups in total. The lowest BCUT2D eigenvalue weighted by molar-refractivity contribution is -0.126. The van der Waals surface area contributed by atoms with Crippen molar-refractivity contribution in [3.8, 4) is 0 Å². The molecule has 1 saturated carbocycles. The SMILES string of the molecule is CC1CCCC1NOCC(N)=O. The molecule has 0 aromatic rings. The number of rotatable bonds is 4. The third-order valence-electron chi connectivity index (χ3n) is 2.31. The molecule has 12 heavy (non-hydrogen) atoms. The normalized spacial score (nSPS) is 29.1. The van der Waals surface area contributed by atoms with Crippen LogP contribution in [0.15, 0.2) is 0 Å². The first-order chi connectivity index (χ1) is 5.70. The highest BCUT2D eigenvalue weighted by molar-refractivity contribution is 5.74. The quantitative estimate of drug-likeness (QED) is 0.595. The number of hydrogen-bond acceptors (Lipinski definition) is 3. The lowest BCUT2D eigenvalue weighted by Gasteiger charge is -2.15. The molecule has 4 nitrogen and oxygen atoms in total. The molecule has 2 atom stereocenters. The summed E-state index contributed by atoms with van der Waals surface area (Å²) < 4.78 is 0. The Morgan fingerprint density at radius 1 is 1.67 bits per heavy atom. The molecule has 0 spiro atoms. The van der Waals surface area contributed by atoms with Gasteiger partial charge >= 0.3 is 0 Å². The van der Waals surface area contributed by atoms with Gasteiger partial charge in [-0.2, -0.15) is 5.48 Å². The van der Waals surface area contributed by atoms with Gasteiger partial charge in [-0.25, -0.2) is 0 Å². The summed E-state index contributed by atoms with van der Waals surface area (Å²) >= 11 is 0. The van der Waals surface area contributed by atoms with Crippen molar-refractivity contribution in [2.75, 3.05) is 6.61 Å². The summed E-state index contributed by atoms with van der Waals surface area (Å²) in [5.41, 5.74) is 7.77. The number of hydrogen-bond donors (Lipinski definition) is 2. The Morgan fingerprint density at radius 2 is 2.42 bits per heavy atom. The van der Waals surface area contributed by atoms with Crippen LogP contribution in [0.1, 0.15) is 26.2 Å². The van der Waals surface area contributed by atoms with Crippen molar-refractivity contribution in [1.82, 2.24) is 5.48 Å². The van der Waals surface area contributed by atoms with Gasteiger partial charge in [0.05, 0.1) is 0 Å². The zero-order valence-corrected chi connectivity index (χ0v) is 7.38. The van der Waals surface area contributed by atoms with E-state index in [2.05, 4.69) is 12.4 Å². The predicted octanol–water partition coefficient (Wildman–Crippen LogP) is 0.182. The molecule has 1 amide bonds. The number of hydroxylamine groups is 1. The van der Waals surface area contributed by atoms with Crippen LogP contribution < -0.4 is 11.2 Å². The van der Waals surface area contributed by atoms with Crippen molar-refractivity contribution >= 4 is 5.91 Å². The van der Waals surface area contributed by atoms with Gasteiger partial charge in [-0.05, 0) is 18.8 Å². The zero-order valence-electron chi connectivity index (χ0n) is 7.38. The molecule has 70 valence electrons. The second-order valence-electron chi connectivity index (χ2n) is 3.39. The molecule has 4 heteroatoms. The summed E-state index contributed by atoms with van der Waals surface area (Å²) in [5.74, 6) is 0.200. The van der Waals surface area contributed by atoms with Crippen molar-refractivity contribution < 1.29 is 9.63 Å². The highest BCUT2D eigenvalue weighted by Gasteiger charge is 2.23. The minimum atomic E-state index is -0.437. The van der Waals surface area contributed by atoms with E-state index in [1.54, 1.807) is 0 Å². The van der Waals surface area contributed by atoms with Gasteiger partial charge in [-0.15, -0.1) is 0 Å². The molecule has 1 rings (SSSR count). The first-order valence-electron chi connectivity index (χ1n) is 4.36. The average molecular weight is 172 g/mol. The standard InChI is InChI=1S/C8H16N2O2/c1-6-3-2-4-7(6)10-12-5-8(9)11/h6-7,10H,2-5H2,1H3,(H2,9,11). The molecule has 0 aromatic carbocycles. The number of amides is 1. The van der Waals surface area contributed by atoms with Crippen LogP contribution in [0.5, 0.6) is 0 Å². The second-order valence-corrected chi connectivity index (χ2v) is 3.39. The van der Waals surface area contributed by atoms with E-state index in [1.807, 2.05) is 0 Å². The molecule has 1 fully saturated rings. The Kier molecular flexibility index (Phi) is 3.49. The van der Waals surface area contributed by atoms with Crippen molar-refractivity contribution in [2.24, 2.45) is 11.7 Å². The Bertz CT molecular complexity index is 161. The summed E-state index contributed by atoms with van der Waals surface area (Å²) in [6.07, 6.45) is 3.59. The van der Waals surface area contributed by atoms with Crippen LogP contribution in [0.25, 0.3) is 0 Å². The number of nitrogens with two attached hydrogens (primary N) is 1. The fourth-order valence-corrected chi connectivity index (χ4v) is 1.54. The highest BCUT2D eigenvalue weighted by Crippen LogP contribution is 2.24. The molecule has 0 aliphatic heterocycles. The number of nitrogens with one attached hydrogen (secondary N) is 1. The van der Waals surface area contributed by atoms with Crippen molar-refractivity contribution in [3.63, 3.8) is 0 Å². The number of carbonyl (C=O) groups excluding carboxylic acids is 1. The maximum absolute atomic E-state index is 10.3. The number of carbonyl (C=O) groups is 1. The second kappa shape index (κ2) is 4.42. The van der Waals surface area contributed by atoms with Gasteiger partial charge in [-0.3, -0.25) is 9.63 Å². The maximum Gasteiger partial charge on any atom is 0.245 e. The molecule has 2 unspecified atom stereocenters. The van der Waals surface area contributed by atoms with E-state index in [0.29, 0.717) is 12.0 Å². The number of primary amides is 1. The zero-order chi connectivity index (χ0) is 8.97. The molecule has 1 aliphatic rings. The lowest BCUT2D eigenvalue weighted by Crippen LogP contribution is -2.34. The maximum atomic E-state index is 10.3. The average Bonchev–Trinajstić information content (AvgIpc) is 2.36. The molecule has 0 aromatic heterocycles. The first-order valence-corrected chi connectivity index (χ1v) is 4.36. The van der Waals surface area contributed by atoms with Crippen LogP contribution >= 0.6 is 0 Å². The third kappa shape index (κ3) is 2.79. The van der Waals surface area contributed by atoms with Gasteiger partial charge in [0.25, 0.3) is 0 Å². The molecule has 0 bridgehead atoms. The van der Waals surface area contributed by atoms with Crippen molar-refractivity contribution in [2.45, 2.75) is 32.2 Å². The van der Waals surface area contributed by atoms with E-state index in [0.717, 1.165) is 6.42 Å². The van der Waals surface area contributed by atoms with Crippen LogP contribution in [-0.4, -0.2) is 18.6 Å². The minimum absolute atomic E-state index is 0.0385. The monoisotopic (exact) mass is 172 g/mol. The fourth-order valence-electron chi connectivity index (χ4n) is 1.54. The Labute approximate surface area is 72.4 Å². The van der Waals surface area contributed by atoms with Crippen LogP contribution in [-0.2, 0) is 9.63 Å². The summed E-state index contributed by atoms with van der Waals surface area (Å²) in [6.45, 7) is 2.14. The van der Waals surface area contributed by atoms with E-state index in [-0.39, 0.29) is 6.61 Å². The van der Waals surface area contributed by atoms with E-state index >= 15 is 0 Å². The lowest BCUT2D eigenvalue weighted by atomic mass is 10.1. The summed E-state index contributed by atoms with van der Waals surface area (Å²) in [6, 6.07) is 0.393. The molecular formula is C8H16N2O2. The molecular weight excluding hydrogens is 156 g/mol. The van der Waals surface area contributed by atoms with Gasteiger partial charge < -0.3 is 5.73 Å². The Morgan fingerprint density at radius 3 is 2.92 bits per heavy atom. The van der Waals surface area contributed by atoms with Gasteiger partial charge in [0.15, 0.2) is 0 Å². The molecule has 1 aliphatic carbocycles. The summed E-state index contributed by atoms with van der Waals surface area (Å²) in [4.78, 5) is 15.2. The minimum Gasteiger partial charge on any atom is -0.368 e. The first kappa shape index (κ1) is 9.48. The predicted molar refractivity (Wildman–Crippen MR) is 45.1 cm³/mol. The van der Waals surface area contributed by atoms with Gasteiger partial charge in [-0.1, -0.05) is 13.3 Å². The van der Waals surface area contributed by atoms with Crippen molar-refractivity contribution in [3.05, 3.63) is 0 Å².